The van der Waals surface area contributed by atoms with E-state index in [2.05, 4.69) is 74.6 Å². The lowest BCUT2D eigenvalue weighted by Crippen LogP contribution is -2.67. The van der Waals surface area contributed by atoms with Crippen molar-refractivity contribution in [1.29, 1.82) is 0 Å². The summed E-state index contributed by atoms with van der Waals surface area (Å²) in [5.41, 5.74) is 6.30. The van der Waals surface area contributed by atoms with Crippen LogP contribution in [0.4, 0.5) is 0 Å². The van der Waals surface area contributed by atoms with Gasteiger partial charge in [-0.05, 0) is 21.8 Å². The lowest BCUT2D eigenvalue weighted by Gasteiger charge is -2.43. The van der Waals surface area contributed by atoms with Crippen LogP contribution < -0.4 is 21.4 Å². The summed E-state index contributed by atoms with van der Waals surface area (Å²) in [6.45, 7) is 7.17. The first-order valence-electron chi connectivity index (χ1n) is 9.52. The Labute approximate surface area is 176 Å². The van der Waals surface area contributed by atoms with Crippen LogP contribution in [0.5, 0.6) is 0 Å². The Hall–Kier alpha value is -1.66. The number of carbonyl (C=O) groups is 1. The molecule has 6 heteroatoms. The summed E-state index contributed by atoms with van der Waals surface area (Å²) in [7, 11) is -0.912. The standard InChI is InChI=1S/C22H32N2O2Si.ClH/c1-22(2,3)27(19-11-7-5-8-12-19,20-13-9-6-10-14-20)26-17-18(23)15-16-21(25)24-4;/h5-14,18H,15-17,23H2,1-4H3,(H,24,25);1H/t18-;/m0./s1. The molecule has 0 unspecified atom stereocenters. The zero-order chi connectivity index (χ0) is 19.9. The highest BCUT2D eigenvalue weighted by Crippen LogP contribution is 2.36. The molecule has 2 rings (SSSR count). The fraction of sp³-hybridized carbons (Fsp3) is 0.409. The maximum absolute atomic E-state index is 11.5. The highest BCUT2D eigenvalue weighted by atomic mass is 35.5. The van der Waals surface area contributed by atoms with Crippen molar-refractivity contribution in [1.82, 2.24) is 5.32 Å². The highest BCUT2D eigenvalue weighted by molar-refractivity contribution is 6.99. The Balaban J connectivity index is 0.00000392. The lowest BCUT2D eigenvalue weighted by atomic mass is 10.2. The molecule has 0 spiro atoms. The number of amides is 1. The van der Waals surface area contributed by atoms with Crippen molar-refractivity contribution in [3.05, 3.63) is 60.7 Å². The summed E-state index contributed by atoms with van der Waals surface area (Å²) in [5, 5.41) is 5.05. The van der Waals surface area contributed by atoms with E-state index in [1.807, 2.05) is 12.1 Å². The summed E-state index contributed by atoms with van der Waals surface area (Å²) in [6, 6.07) is 20.8. The molecule has 2 aromatic carbocycles. The normalized spacial score (nSPS) is 12.8. The van der Waals surface area contributed by atoms with E-state index >= 15 is 0 Å². The first kappa shape index (κ1) is 24.4. The molecule has 0 aliphatic heterocycles. The Bertz CT molecular complexity index is 681. The third-order valence-electron chi connectivity index (χ3n) is 4.95. The van der Waals surface area contributed by atoms with Gasteiger partial charge in [0.25, 0.3) is 8.32 Å². The second kappa shape index (κ2) is 10.8. The Morgan fingerprint density at radius 2 is 1.50 bits per heavy atom. The number of carbonyl (C=O) groups excluding carboxylic acids is 1. The first-order valence-corrected chi connectivity index (χ1v) is 11.4. The number of benzene rings is 2. The van der Waals surface area contributed by atoms with Crippen LogP contribution in [-0.2, 0) is 9.22 Å². The van der Waals surface area contributed by atoms with Gasteiger partial charge in [-0.2, -0.15) is 0 Å². The SMILES string of the molecule is CNC(=O)CC[C@H](N)CO[Si](c1ccccc1)(c1ccccc1)C(C)(C)C.Cl. The third kappa shape index (κ3) is 5.67. The van der Waals surface area contributed by atoms with E-state index in [9.17, 15) is 4.79 Å². The van der Waals surface area contributed by atoms with Gasteiger partial charge in [0, 0.05) is 26.1 Å². The van der Waals surface area contributed by atoms with Gasteiger partial charge in [0.1, 0.15) is 0 Å². The molecule has 0 aliphatic rings. The van der Waals surface area contributed by atoms with Gasteiger partial charge in [0.05, 0.1) is 0 Å². The number of hydrogen-bond acceptors (Lipinski definition) is 3. The van der Waals surface area contributed by atoms with Gasteiger partial charge in [-0.1, -0.05) is 81.4 Å². The summed E-state index contributed by atoms with van der Waals surface area (Å²) in [6.07, 6.45) is 1.03. The molecule has 0 aromatic heterocycles. The van der Waals surface area contributed by atoms with E-state index in [0.29, 0.717) is 19.4 Å². The number of hydrogen-bond donors (Lipinski definition) is 2. The van der Waals surface area contributed by atoms with Crippen molar-refractivity contribution >= 4 is 37.0 Å². The zero-order valence-electron chi connectivity index (χ0n) is 17.3. The predicted octanol–water partition coefficient (Wildman–Crippen LogP) is 2.84. The summed E-state index contributed by atoms with van der Waals surface area (Å²) >= 11 is 0. The van der Waals surface area contributed by atoms with Gasteiger partial charge in [0.15, 0.2) is 0 Å². The molecule has 1 amide bonds. The van der Waals surface area contributed by atoms with Crippen LogP contribution in [-0.4, -0.2) is 33.9 Å². The van der Waals surface area contributed by atoms with E-state index in [-0.39, 0.29) is 29.4 Å². The van der Waals surface area contributed by atoms with Crippen LogP contribution in [0.2, 0.25) is 5.04 Å². The monoisotopic (exact) mass is 420 g/mol. The smallest absolute Gasteiger partial charge is 0.261 e. The van der Waals surface area contributed by atoms with Crippen LogP contribution in [0.1, 0.15) is 33.6 Å². The molecule has 0 saturated heterocycles. The lowest BCUT2D eigenvalue weighted by molar-refractivity contribution is -0.120. The van der Waals surface area contributed by atoms with Gasteiger partial charge in [-0.25, -0.2) is 0 Å². The van der Waals surface area contributed by atoms with E-state index in [1.54, 1.807) is 7.05 Å². The number of nitrogens with two attached hydrogens (primary N) is 1. The van der Waals surface area contributed by atoms with Crippen molar-refractivity contribution < 1.29 is 9.22 Å². The predicted molar refractivity (Wildman–Crippen MR) is 122 cm³/mol. The van der Waals surface area contributed by atoms with Crippen molar-refractivity contribution in [3.8, 4) is 0 Å². The molecule has 0 bridgehead atoms. The van der Waals surface area contributed by atoms with E-state index < -0.39 is 8.32 Å². The number of rotatable bonds is 8. The number of nitrogens with one attached hydrogen (secondary N) is 1. The Morgan fingerprint density at radius 3 is 1.89 bits per heavy atom. The minimum absolute atomic E-state index is 0. The third-order valence-corrected chi connectivity index (χ3v) is 9.96. The van der Waals surface area contributed by atoms with Gasteiger partial charge in [0.2, 0.25) is 5.91 Å². The zero-order valence-corrected chi connectivity index (χ0v) is 19.1. The molecule has 154 valence electrons. The Kier molecular flexibility index (Phi) is 9.37. The second-order valence-electron chi connectivity index (χ2n) is 7.95. The van der Waals surface area contributed by atoms with Crippen LogP contribution in [0.3, 0.4) is 0 Å². The van der Waals surface area contributed by atoms with Crippen LogP contribution in [0.15, 0.2) is 60.7 Å². The largest absolute Gasteiger partial charge is 0.406 e. The van der Waals surface area contributed by atoms with Gasteiger partial charge >= 0.3 is 0 Å². The fourth-order valence-electron chi connectivity index (χ4n) is 3.52. The molecule has 2 aromatic rings. The van der Waals surface area contributed by atoms with E-state index in [1.165, 1.54) is 10.4 Å². The average molecular weight is 421 g/mol. The van der Waals surface area contributed by atoms with E-state index in [0.717, 1.165) is 0 Å². The molecule has 3 N–H and O–H groups in total. The quantitative estimate of drug-likeness (QED) is 0.645. The molecule has 0 saturated carbocycles. The minimum atomic E-state index is -2.56. The fourth-order valence-corrected chi connectivity index (χ4v) is 8.14. The molecule has 28 heavy (non-hydrogen) atoms. The molecular weight excluding hydrogens is 388 g/mol. The van der Waals surface area contributed by atoms with Crippen molar-refractivity contribution in [3.63, 3.8) is 0 Å². The van der Waals surface area contributed by atoms with Crippen molar-refractivity contribution in [2.45, 2.75) is 44.7 Å². The van der Waals surface area contributed by atoms with Crippen LogP contribution >= 0.6 is 12.4 Å². The maximum Gasteiger partial charge on any atom is 0.261 e. The van der Waals surface area contributed by atoms with Crippen molar-refractivity contribution in [2.75, 3.05) is 13.7 Å². The molecule has 0 aliphatic carbocycles. The average Bonchev–Trinajstić information content (AvgIpc) is 2.67. The van der Waals surface area contributed by atoms with E-state index in [4.69, 9.17) is 10.2 Å². The molecule has 4 nitrogen and oxygen atoms in total. The maximum atomic E-state index is 11.5. The topological polar surface area (TPSA) is 64.4 Å². The van der Waals surface area contributed by atoms with Crippen molar-refractivity contribution in [2.24, 2.45) is 5.73 Å². The summed E-state index contributed by atoms with van der Waals surface area (Å²) in [5.74, 6) is 0.0101. The number of halogens is 1. The molecule has 0 heterocycles. The highest BCUT2D eigenvalue weighted by Gasteiger charge is 2.50. The molecular formula is C22H33ClN2O2Si. The first-order chi connectivity index (χ1) is 12.8. The molecule has 0 radical (unpaired) electrons. The summed E-state index contributed by atoms with van der Waals surface area (Å²) in [4.78, 5) is 11.5. The Morgan fingerprint density at radius 1 is 1.04 bits per heavy atom. The molecule has 0 fully saturated rings. The van der Waals surface area contributed by atoms with Crippen LogP contribution in [0.25, 0.3) is 0 Å². The van der Waals surface area contributed by atoms with Gasteiger partial charge in [-0.15, -0.1) is 12.4 Å². The van der Waals surface area contributed by atoms with Gasteiger partial charge < -0.3 is 15.5 Å². The van der Waals surface area contributed by atoms with Gasteiger partial charge in [-0.3, -0.25) is 4.79 Å². The molecule has 1 atom stereocenters. The van der Waals surface area contributed by atoms with Crippen LogP contribution in [0, 0.1) is 0 Å². The second-order valence-corrected chi connectivity index (χ2v) is 12.3. The minimum Gasteiger partial charge on any atom is -0.406 e. The summed E-state index contributed by atoms with van der Waals surface area (Å²) < 4.78 is 6.78.